The summed E-state index contributed by atoms with van der Waals surface area (Å²) in [5.74, 6) is 0.416. The number of carbonyl (C=O) groups is 2. The standard InChI is InChI=1S/C22H24N4O2S2/c27-19-12-16(15-7-3-1-4-8-15)11-18-17(19)13-23-21(24-18)25-20(28)14-30-22(29)26-9-5-2-6-10-26/h1,3-4,7-8,13,16H,2,5-6,9-12,14H2,(H,23,24,25,28). The van der Waals surface area contributed by atoms with Gasteiger partial charge in [0, 0.05) is 25.7 Å². The van der Waals surface area contributed by atoms with E-state index in [-0.39, 0.29) is 29.3 Å². The summed E-state index contributed by atoms with van der Waals surface area (Å²) >= 11 is 6.82. The lowest BCUT2D eigenvalue weighted by atomic mass is 9.82. The van der Waals surface area contributed by atoms with Crippen molar-refractivity contribution in [1.82, 2.24) is 14.9 Å². The van der Waals surface area contributed by atoms with E-state index in [0.717, 1.165) is 35.8 Å². The molecule has 1 saturated heterocycles. The van der Waals surface area contributed by atoms with E-state index in [1.165, 1.54) is 24.4 Å². The topological polar surface area (TPSA) is 75.2 Å². The first-order valence-electron chi connectivity index (χ1n) is 10.3. The Balaban J connectivity index is 1.37. The second-order valence-corrected chi connectivity index (χ2v) is 9.25. The molecule has 1 fully saturated rings. The zero-order chi connectivity index (χ0) is 20.9. The second kappa shape index (κ2) is 9.66. The fourth-order valence-corrected chi connectivity index (χ4v) is 4.97. The Labute approximate surface area is 185 Å². The van der Waals surface area contributed by atoms with Crippen molar-refractivity contribution in [3.63, 3.8) is 0 Å². The SMILES string of the molecule is O=C(CSC(=S)N1CCCCC1)Nc1ncc2c(n1)CC(c1ccccc1)CC2=O. The summed E-state index contributed by atoms with van der Waals surface area (Å²) in [7, 11) is 0. The van der Waals surface area contributed by atoms with E-state index in [0.29, 0.717) is 24.1 Å². The van der Waals surface area contributed by atoms with Crippen molar-refractivity contribution in [2.75, 3.05) is 24.2 Å². The van der Waals surface area contributed by atoms with Crippen molar-refractivity contribution in [2.45, 2.75) is 38.0 Å². The molecule has 1 aromatic carbocycles. The lowest BCUT2D eigenvalue weighted by molar-refractivity contribution is -0.113. The molecule has 0 spiro atoms. The number of thiocarbonyl (C=S) groups is 1. The number of nitrogens with one attached hydrogen (secondary N) is 1. The Morgan fingerprint density at radius 2 is 1.93 bits per heavy atom. The molecule has 8 heteroatoms. The van der Waals surface area contributed by atoms with Crippen LogP contribution >= 0.6 is 24.0 Å². The number of hydrogen-bond acceptors (Lipinski definition) is 6. The molecule has 156 valence electrons. The van der Waals surface area contributed by atoms with Gasteiger partial charge in [-0.15, -0.1) is 0 Å². The third-order valence-electron chi connectivity index (χ3n) is 5.50. The summed E-state index contributed by atoms with van der Waals surface area (Å²) < 4.78 is 0.771. The van der Waals surface area contributed by atoms with E-state index in [4.69, 9.17) is 12.2 Å². The minimum Gasteiger partial charge on any atom is -0.358 e. The van der Waals surface area contributed by atoms with Gasteiger partial charge in [-0.3, -0.25) is 14.9 Å². The molecule has 4 rings (SSSR count). The lowest BCUT2D eigenvalue weighted by Gasteiger charge is -2.28. The van der Waals surface area contributed by atoms with Crippen LogP contribution in [-0.4, -0.2) is 49.7 Å². The van der Waals surface area contributed by atoms with Crippen molar-refractivity contribution in [2.24, 2.45) is 0 Å². The molecule has 2 aliphatic rings. The van der Waals surface area contributed by atoms with Crippen molar-refractivity contribution in [3.05, 3.63) is 53.3 Å². The van der Waals surface area contributed by atoms with E-state index in [9.17, 15) is 9.59 Å². The Morgan fingerprint density at radius 3 is 2.70 bits per heavy atom. The number of nitrogens with zero attached hydrogens (tertiary/aromatic N) is 3. The summed E-state index contributed by atoms with van der Waals surface area (Å²) in [4.78, 5) is 35.7. The van der Waals surface area contributed by atoms with Crippen LogP contribution in [0.25, 0.3) is 0 Å². The number of Topliss-reactive ketones (excluding diaryl/α,β-unsaturated/α-hetero) is 1. The van der Waals surface area contributed by atoms with Crippen LogP contribution in [0.1, 0.15) is 53.2 Å². The molecule has 1 N–H and O–H groups in total. The highest BCUT2D eigenvalue weighted by Crippen LogP contribution is 2.31. The fourth-order valence-electron chi connectivity index (χ4n) is 3.92. The summed E-state index contributed by atoms with van der Waals surface area (Å²) in [5, 5.41) is 2.75. The Morgan fingerprint density at radius 1 is 1.17 bits per heavy atom. The highest BCUT2D eigenvalue weighted by molar-refractivity contribution is 8.23. The quantitative estimate of drug-likeness (QED) is 0.724. The van der Waals surface area contributed by atoms with Crippen LogP contribution in [0.3, 0.4) is 0 Å². The molecule has 1 amide bonds. The predicted molar refractivity (Wildman–Crippen MR) is 123 cm³/mol. The number of thioether (sulfide) groups is 1. The normalized spacial score (nSPS) is 18.6. The van der Waals surface area contributed by atoms with Crippen molar-refractivity contribution >= 4 is 45.9 Å². The third kappa shape index (κ3) is 5.05. The second-order valence-electron chi connectivity index (χ2n) is 7.64. The van der Waals surface area contributed by atoms with Gasteiger partial charge in [0.25, 0.3) is 0 Å². The molecule has 6 nitrogen and oxygen atoms in total. The van der Waals surface area contributed by atoms with Crippen molar-refractivity contribution in [3.8, 4) is 0 Å². The molecule has 2 aromatic rings. The first-order valence-corrected chi connectivity index (χ1v) is 11.6. The van der Waals surface area contributed by atoms with Gasteiger partial charge in [0.05, 0.1) is 17.0 Å². The number of benzene rings is 1. The zero-order valence-corrected chi connectivity index (χ0v) is 18.3. The average molecular weight is 441 g/mol. The highest BCUT2D eigenvalue weighted by Gasteiger charge is 2.28. The van der Waals surface area contributed by atoms with Gasteiger partial charge >= 0.3 is 0 Å². The Bertz CT molecular complexity index is 945. The maximum absolute atomic E-state index is 12.5. The van der Waals surface area contributed by atoms with Crippen LogP contribution in [0.5, 0.6) is 0 Å². The fraction of sp³-hybridized carbons (Fsp3) is 0.409. The van der Waals surface area contributed by atoms with E-state index < -0.39 is 0 Å². The highest BCUT2D eigenvalue weighted by atomic mass is 32.2. The number of fused-ring (bicyclic) bond motifs is 1. The molecule has 2 heterocycles. The molecule has 0 radical (unpaired) electrons. The number of aromatic nitrogens is 2. The molecular weight excluding hydrogens is 416 g/mol. The Hall–Kier alpha value is -2.32. The zero-order valence-electron chi connectivity index (χ0n) is 16.7. The van der Waals surface area contributed by atoms with Gasteiger partial charge < -0.3 is 4.90 Å². The molecule has 1 aliphatic carbocycles. The first-order chi connectivity index (χ1) is 14.6. The number of rotatable bonds is 4. The molecule has 30 heavy (non-hydrogen) atoms. The minimum absolute atomic E-state index is 0.0467. The molecule has 0 bridgehead atoms. The van der Waals surface area contributed by atoms with Crippen LogP contribution in [0.15, 0.2) is 36.5 Å². The van der Waals surface area contributed by atoms with Gasteiger partial charge in [-0.1, -0.05) is 54.3 Å². The van der Waals surface area contributed by atoms with Gasteiger partial charge in [0.1, 0.15) is 4.32 Å². The molecule has 0 saturated carbocycles. The number of likely N-dealkylation sites (tertiary alicyclic amines) is 1. The average Bonchev–Trinajstić information content (AvgIpc) is 2.78. The predicted octanol–water partition coefficient (Wildman–Crippen LogP) is 3.83. The number of piperidine rings is 1. The number of ketones is 1. The van der Waals surface area contributed by atoms with Crippen molar-refractivity contribution < 1.29 is 9.59 Å². The van der Waals surface area contributed by atoms with Crippen LogP contribution in [0.2, 0.25) is 0 Å². The van der Waals surface area contributed by atoms with E-state index in [1.807, 2.05) is 30.3 Å². The number of amides is 1. The molecule has 1 aliphatic heterocycles. The summed E-state index contributed by atoms with van der Waals surface area (Å²) in [6, 6.07) is 10.00. The van der Waals surface area contributed by atoms with E-state index in [1.54, 1.807) is 0 Å². The molecule has 1 atom stereocenters. The number of carbonyl (C=O) groups excluding carboxylic acids is 2. The minimum atomic E-state index is -0.193. The van der Waals surface area contributed by atoms with Gasteiger partial charge in [-0.05, 0) is 37.2 Å². The summed E-state index contributed by atoms with van der Waals surface area (Å²) in [5.41, 5.74) is 2.38. The van der Waals surface area contributed by atoms with Gasteiger partial charge in [-0.2, -0.15) is 0 Å². The van der Waals surface area contributed by atoms with E-state index >= 15 is 0 Å². The smallest absolute Gasteiger partial charge is 0.237 e. The molecular formula is C22H24N4O2S2. The lowest BCUT2D eigenvalue weighted by Crippen LogP contribution is -2.33. The van der Waals surface area contributed by atoms with Crippen LogP contribution in [-0.2, 0) is 11.2 Å². The van der Waals surface area contributed by atoms with Crippen LogP contribution < -0.4 is 5.32 Å². The molecule has 1 aromatic heterocycles. The Kier molecular flexibility index (Phi) is 6.74. The first kappa shape index (κ1) is 20.9. The van der Waals surface area contributed by atoms with Gasteiger partial charge in [0.2, 0.25) is 11.9 Å². The molecule has 1 unspecified atom stereocenters. The largest absolute Gasteiger partial charge is 0.358 e. The number of anilines is 1. The monoisotopic (exact) mass is 440 g/mol. The van der Waals surface area contributed by atoms with Gasteiger partial charge in [0.15, 0.2) is 5.78 Å². The number of hydrogen-bond donors (Lipinski definition) is 1. The maximum atomic E-state index is 12.5. The van der Waals surface area contributed by atoms with Crippen LogP contribution in [0.4, 0.5) is 5.95 Å². The van der Waals surface area contributed by atoms with Crippen LogP contribution in [0, 0.1) is 0 Å². The third-order valence-corrected chi connectivity index (χ3v) is 7.03. The summed E-state index contributed by atoms with van der Waals surface area (Å²) in [6.45, 7) is 1.94. The van der Waals surface area contributed by atoms with Crippen molar-refractivity contribution in [1.29, 1.82) is 0 Å². The van der Waals surface area contributed by atoms with E-state index in [2.05, 4.69) is 20.2 Å². The maximum Gasteiger partial charge on any atom is 0.237 e. The summed E-state index contributed by atoms with van der Waals surface area (Å²) in [6.07, 6.45) is 6.19. The van der Waals surface area contributed by atoms with Gasteiger partial charge in [-0.25, -0.2) is 9.97 Å².